The number of methoxy groups -OCH3 is 2. The van der Waals surface area contributed by atoms with Gasteiger partial charge in [0.2, 0.25) is 0 Å². The second-order valence-corrected chi connectivity index (χ2v) is 4.30. The molecule has 0 saturated carbocycles. The van der Waals surface area contributed by atoms with E-state index in [0.29, 0.717) is 6.54 Å². The number of hydrogen-bond acceptors (Lipinski definition) is 4. The molecule has 1 aromatic heterocycles. The Kier molecular flexibility index (Phi) is 4.47. The van der Waals surface area contributed by atoms with E-state index in [1.54, 1.807) is 20.5 Å². The molecule has 0 unspecified atom stereocenters. The number of rotatable bonds is 6. The van der Waals surface area contributed by atoms with E-state index in [2.05, 4.69) is 12.2 Å². The van der Waals surface area contributed by atoms with Crippen molar-refractivity contribution >= 4 is 0 Å². The van der Waals surface area contributed by atoms with Crippen molar-refractivity contribution in [2.75, 3.05) is 14.2 Å². The van der Waals surface area contributed by atoms with Crippen molar-refractivity contribution in [3.63, 3.8) is 0 Å². The summed E-state index contributed by atoms with van der Waals surface area (Å²) < 4.78 is 15.9. The van der Waals surface area contributed by atoms with Gasteiger partial charge in [0.25, 0.3) is 0 Å². The van der Waals surface area contributed by atoms with Crippen LogP contribution in [0.25, 0.3) is 0 Å². The van der Waals surface area contributed by atoms with Crippen LogP contribution >= 0.6 is 0 Å². The third-order valence-electron chi connectivity index (χ3n) is 3.06. The van der Waals surface area contributed by atoms with Crippen LogP contribution in [0.4, 0.5) is 0 Å². The van der Waals surface area contributed by atoms with Crippen LogP contribution in [0, 0.1) is 0 Å². The molecule has 0 spiro atoms. The smallest absolute Gasteiger partial charge is 0.127 e. The zero-order valence-corrected chi connectivity index (χ0v) is 11.5. The van der Waals surface area contributed by atoms with Gasteiger partial charge < -0.3 is 19.2 Å². The highest BCUT2D eigenvalue weighted by Gasteiger charge is 2.10. The molecular formula is C15H19NO3. The summed E-state index contributed by atoms with van der Waals surface area (Å²) in [5.41, 5.74) is 1.08. The summed E-state index contributed by atoms with van der Waals surface area (Å²) in [6.45, 7) is 2.77. The minimum Gasteiger partial charge on any atom is -0.497 e. The van der Waals surface area contributed by atoms with Gasteiger partial charge >= 0.3 is 0 Å². The van der Waals surface area contributed by atoms with Crippen molar-refractivity contribution in [1.82, 2.24) is 5.32 Å². The van der Waals surface area contributed by atoms with Crippen LogP contribution in [-0.2, 0) is 6.54 Å². The highest BCUT2D eigenvalue weighted by atomic mass is 16.5. The van der Waals surface area contributed by atoms with Gasteiger partial charge in [0.15, 0.2) is 0 Å². The fraction of sp³-hybridized carbons (Fsp3) is 0.333. The van der Waals surface area contributed by atoms with E-state index in [-0.39, 0.29) is 6.04 Å². The van der Waals surface area contributed by atoms with Crippen LogP contribution in [-0.4, -0.2) is 14.2 Å². The van der Waals surface area contributed by atoms with Crippen LogP contribution in [0.15, 0.2) is 41.0 Å². The van der Waals surface area contributed by atoms with E-state index in [0.717, 1.165) is 22.8 Å². The first-order valence-electron chi connectivity index (χ1n) is 6.22. The SMILES string of the molecule is COc1ccc(CN[C@H](C)c2ccco2)c(OC)c1. The van der Waals surface area contributed by atoms with Gasteiger partial charge in [-0.05, 0) is 25.1 Å². The van der Waals surface area contributed by atoms with Gasteiger partial charge in [0, 0.05) is 18.2 Å². The molecule has 0 aliphatic carbocycles. The van der Waals surface area contributed by atoms with Gasteiger partial charge in [0.1, 0.15) is 17.3 Å². The van der Waals surface area contributed by atoms with E-state index in [1.165, 1.54) is 0 Å². The maximum Gasteiger partial charge on any atom is 0.127 e. The average Bonchev–Trinajstić information content (AvgIpc) is 2.98. The normalized spacial score (nSPS) is 12.2. The molecule has 0 saturated heterocycles. The van der Waals surface area contributed by atoms with Gasteiger partial charge in [-0.1, -0.05) is 6.07 Å². The molecule has 1 heterocycles. The molecule has 0 aliphatic heterocycles. The van der Waals surface area contributed by atoms with Gasteiger partial charge in [-0.15, -0.1) is 0 Å². The Hall–Kier alpha value is -1.94. The van der Waals surface area contributed by atoms with Crippen molar-refractivity contribution in [3.05, 3.63) is 47.9 Å². The minimum atomic E-state index is 0.154. The Bertz CT molecular complexity index is 508. The molecule has 0 fully saturated rings. The topological polar surface area (TPSA) is 43.6 Å². The largest absolute Gasteiger partial charge is 0.497 e. The number of nitrogens with one attached hydrogen (secondary N) is 1. The molecule has 1 N–H and O–H groups in total. The average molecular weight is 261 g/mol. The first kappa shape index (κ1) is 13.5. The number of hydrogen-bond donors (Lipinski definition) is 1. The Morgan fingerprint density at radius 3 is 2.68 bits per heavy atom. The zero-order valence-electron chi connectivity index (χ0n) is 11.5. The maximum atomic E-state index is 5.37. The summed E-state index contributed by atoms with van der Waals surface area (Å²) >= 11 is 0. The van der Waals surface area contributed by atoms with Gasteiger partial charge in [-0.2, -0.15) is 0 Å². The van der Waals surface area contributed by atoms with E-state index in [9.17, 15) is 0 Å². The molecule has 1 atom stereocenters. The molecule has 19 heavy (non-hydrogen) atoms. The molecule has 0 amide bonds. The van der Waals surface area contributed by atoms with Crippen molar-refractivity contribution < 1.29 is 13.9 Å². The molecule has 0 bridgehead atoms. The Morgan fingerprint density at radius 2 is 2.05 bits per heavy atom. The summed E-state index contributed by atoms with van der Waals surface area (Å²) in [5, 5.41) is 3.40. The fourth-order valence-electron chi connectivity index (χ4n) is 1.90. The first-order valence-corrected chi connectivity index (χ1v) is 6.22. The maximum absolute atomic E-state index is 5.37. The van der Waals surface area contributed by atoms with Crippen molar-refractivity contribution in [1.29, 1.82) is 0 Å². The Balaban J connectivity index is 2.03. The lowest BCUT2D eigenvalue weighted by molar-refractivity contribution is 0.385. The number of benzene rings is 1. The van der Waals surface area contributed by atoms with Crippen LogP contribution in [0.1, 0.15) is 24.3 Å². The van der Waals surface area contributed by atoms with E-state index in [4.69, 9.17) is 13.9 Å². The third-order valence-corrected chi connectivity index (χ3v) is 3.06. The van der Waals surface area contributed by atoms with Gasteiger partial charge in [-0.3, -0.25) is 0 Å². The van der Waals surface area contributed by atoms with Crippen molar-refractivity contribution in [3.8, 4) is 11.5 Å². The molecule has 4 nitrogen and oxygen atoms in total. The zero-order chi connectivity index (χ0) is 13.7. The van der Waals surface area contributed by atoms with E-state index < -0.39 is 0 Å². The predicted molar refractivity (Wildman–Crippen MR) is 73.5 cm³/mol. The number of furan rings is 1. The summed E-state index contributed by atoms with van der Waals surface area (Å²) in [6, 6.07) is 9.82. The molecular weight excluding hydrogens is 242 g/mol. The fourth-order valence-corrected chi connectivity index (χ4v) is 1.90. The molecule has 2 rings (SSSR count). The van der Waals surface area contributed by atoms with Crippen molar-refractivity contribution in [2.45, 2.75) is 19.5 Å². The lowest BCUT2D eigenvalue weighted by Crippen LogP contribution is -2.18. The Morgan fingerprint density at radius 1 is 1.21 bits per heavy atom. The first-order chi connectivity index (χ1) is 9.24. The molecule has 4 heteroatoms. The van der Waals surface area contributed by atoms with Crippen LogP contribution in [0.3, 0.4) is 0 Å². The summed E-state index contributed by atoms with van der Waals surface area (Å²) in [7, 11) is 3.31. The Labute approximate surface area is 113 Å². The molecule has 1 aromatic carbocycles. The standard InChI is InChI=1S/C15H19NO3/c1-11(14-5-4-8-19-14)16-10-12-6-7-13(17-2)9-15(12)18-3/h4-9,11,16H,10H2,1-3H3/t11-/m1/s1. The summed E-state index contributed by atoms with van der Waals surface area (Å²) in [4.78, 5) is 0. The molecule has 0 aliphatic rings. The lowest BCUT2D eigenvalue weighted by atomic mass is 10.1. The molecule has 102 valence electrons. The highest BCUT2D eigenvalue weighted by Crippen LogP contribution is 2.25. The van der Waals surface area contributed by atoms with Gasteiger partial charge in [0.05, 0.1) is 26.5 Å². The summed E-state index contributed by atoms with van der Waals surface area (Å²) in [5.74, 6) is 2.53. The second-order valence-electron chi connectivity index (χ2n) is 4.30. The van der Waals surface area contributed by atoms with Gasteiger partial charge in [-0.25, -0.2) is 0 Å². The van der Waals surface area contributed by atoms with Crippen LogP contribution < -0.4 is 14.8 Å². The van der Waals surface area contributed by atoms with Crippen molar-refractivity contribution in [2.24, 2.45) is 0 Å². The van der Waals surface area contributed by atoms with Crippen LogP contribution in [0.5, 0.6) is 11.5 Å². The monoisotopic (exact) mass is 261 g/mol. The second kappa shape index (κ2) is 6.29. The highest BCUT2D eigenvalue weighted by molar-refractivity contribution is 5.40. The van der Waals surface area contributed by atoms with E-state index >= 15 is 0 Å². The predicted octanol–water partition coefficient (Wildman–Crippen LogP) is 3.15. The quantitative estimate of drug-likeness (QED) is 0.867. The lowest BCUT2D eigenvalue weighted by Gasteiger charge is -2.14. The molecule has 2 aromatic rings. The summed E-state index contributed by atoms with van der Waals surface area (Å²) in [6.07, 6.45) is 1.68. The minimum absolute atomic E-state index is 0.154. The van der Waals surface area contributed by atoms with Crippen LogP contribution in [0.2, 0.25) is 0 Å². The third kappa shape index (κ3) is 3.29. The van der Waals surface area contributed by atoms with E-state index in [1.807, 2.05) is 30.3 Å². The molecule has 0 radical (unpaired) electrons. The number of ether oxygens (including phenoxy) is 2.